The summed E-state index contributed by atoms with van der Waals surface area (Å²) in [5.74, 6) is 0.918. The van der Waals surface area contributed by atoms with Gasteiger partial charge in [-0.2, -0.15) is 0 Å². The molecule has 1 aromatic heterocycles. The lowest BCUT2D eigenvalue weighted by Crippen LogP contribution is -2.27. The van der Waals surface area contributed by atoms with Crippen molar-refractivity contribution in [2.24, 2.45) is 7.05 Å². The number of likely N-dealkylation sites (tertiary alicyclic amines) is 1. The van der Waals surface area contributed by atoms with E-state index in [4.69, 9.17) is 16.3 Å². The minimum absolute atomic E-state index is 0.0550. The fraction of sp³-hybridized carbons (Fsp3) is 0.346. The molecule has 1 aliphatic rings. The topological polar surface area (TPSA) is 51.7 Å². The van der Waals surface area contributed by atoms with E-state index in [1.807, 2.05) is 12.1 Å². The predicted octanol–water partition coefficient (Wildman–Crippen LogP) is 5.01. The molecule has 4 rings (SSSR count). The third kappa shape index (κ3) is 4.53. The van der Waals surface area contributed by atoms with Gasteiger partial charge in [0.05, 0.1) is 24.9 Å². The van der Waals surface area contributed by atoms with Gasteiger partial charge in [-0.1, -0.05) is 24.3 Å². The van der Waals surface area contributed by atoms with Gasteiger partial charge in [0.15, 0.2) is 0 Å². The van der Waals surface area contributed by atoms with Crippen molar-refractivity contribution in [2.75, 3.05) is 27.2 Å². The predicted molar refractivity (Wildman–Crippen MR) is 127 cm³/mol. The summed E-state index contributed by atoms with van der Waals surface area (Å²) in [6, 6.07) is 11.6. The molecule has 7 heteroatoms. The highest BCUT2D eigenvalue weighted by Crippen LogP contribution is 2.34. The molecule has 0 saturated carbocycles. The molecule has 1 atom stereocenters. The van der Waals surface area contributed by atoms with Gasteiger partial charge in [-0.15, -0.1) is 0 Å². The molecule has 1 aliphatic heterocycles. The third-order valence-corrected chi connectivity index (χ3v) is 6.36. The van der Waals surface area contributed by atoms with Crippen molar-refractivity contribution >= 4 is 5.69 Å². The molecule has 0 radical (unpaired) electrons. The Bertz CT molecular complexity index is 1260. The van der Waals surface area contributed by atoms with Crippen molar-refractivity contribution in [3.05, 3.63) is 75.9 Å². The number of nitrogens with zero attached hydrogens (tertiary/aromatic N) is 4. The fourth-order valence-corrected chi connectivity index (χ4v) is 4.45. The number of benzene rings is 2. The average molecular weight is 447 g/mol. The minimum atomic E-state index is -0.622. The summed E-state index contributed by atoms with van der Waals surface area (Å²) < 4.78 is 21.4. The number of rotatable bonds is 4. The van der Waals surface area contributed by atoms with Crippen LogP contribution in [0, 0.1) is 12.4 Å². The first-order valence-corrected chi connectivity index (χ1v) is 11.0. The lowest BCUT2D eigenvalue weighted by molar-refractivity contribution is 0.346. The van der Waals surface area contributed by atoms with Crippen LogP contribution in [0.3, 0.4) is 0 Å². The van der Waals surface area contributed by atoms with Gasteiger partial charge in [-0.05, 0) is 63.2 Å². The second-order valence-corrected chi connectivity index (χ2v) is 8.50. The molecular weight excluding hydrogens is 419 g/mol. The number of halogens is 1. The molecule has 2 heterocycles. The van der Waals surface area contributed by atoms with Crippen LogP contribution >= 0.6 is 0 Å². The first kappa shape index (κ1) is 22.7. The molecule has 0 spiro atoms. The Morgan fingerprint density at radius 2 is 1.82 bits per heavy atom. The molecular formula is C26H27FN4O2. The Balaban J connectivity index is 1.93. The Morgan fingerprint density at radius 3 is 2.48 bits per heavy atom. The zero-order valence-electron chi connectivity index (χ0n) is 19.1. The first-order chi connectivity index (χ1) is 15.9. The van der Waals surface area contributed by atoms with Crippen LogP contribution in [0.2, 0.25) is 0 Å². The summed E-state index contributed by atoms with van der Waals surface area (Å²) in [6.07, 6.45) is 2.88. The van der Waals surface area contributed by atoms with Crippen LogP contribution in [0.4, 0.5) is 10.1 Å². The van der Waals surface area contributed by atoms with Crippen LogP contribution in [-0.2, 0) is 7.05 Å². The van der Waals surface area contributed by atoms with Crippen molar-refractivity contribution in [1.82, 2.24) is 14.5 Å². The number of methoxy groups -OCH3 is 1. The van der Waals surface area contributed by atoms with Crippen molar-refractivity contribution < 1.29 is 9.13 Å². The summed E-state index contributed by atoms with van der Waals surface area (Å²) in [5.41, 5.74) is 1.78. The smallest absolute Gasteiger partial charge is 0.261 e. The maximum atomic E-state index is 14.6. The van der Waals surface area contributed by atoms with Gasteiger partial charge >= 0.3 is 0 Å². The van der Waals surface area contributed by atoms with Crippen LogP contribution in [0.25, 0.3) is 27.2 Å². The van der Waals surface area contributed by atoms with E-state index >= 15 is 0 Å². The third-order valence-electron chi connectivity index (χ3n) is 6.36. The van der Waals surface area contributed by atoms with Crippen molar-refractivity contribution in [1.29, 1.82) is 0 Å². The largest absolute Gasteiger partial charge is 0.497 e. The maximum absolute atomic E-state index is 14.6. The molecule has 6 nitrogen and oxygen atoms in total. The fourth-order valence-electron chi connectivity index (χ4n) is 4.45. The molecule has 0 bridgehead atoms. The molecule has 2 aromatic carbocycles. The first-order valence-electron chi connectivity index (χ1n) is 11.0. The molecule has 1 fully saturated rings. The van der Waals surface area contributed by atoms with Crippen LogP contribution in [-0.4, -0.2) is 41.7 Å². The van der Waals surface area contributed by atoms with Crippen LogP contribution in [0.15, 0.2) is 47.3 Å². The Morgan fingerprint density at radius 1 is 1.09 bits per heavy atom. The second kappa shape index (κ2) is 9.55. The van der Waals surface area contributed by atoms with E-state index in [2.05, 4.69) is 16.8 Å². The monoisotopic (exact) mass is 446 g/mol. The standard InChI is InChI=1S/C26H27FN4O2/c1-28-22-12-9-19(16-21(22)27)24-23(17-7-10-20(33-4)11-8-17)26(32)31(3)25(29-24)18-6-5-14-30(2)15-13-18/h7-12,16,18H,5-6,13-15H2,2-4H3. The molecule has 1 unspecified atom stereocenters. The van der Waals surface area contributed by atoms with E-state index in [1.165, 1.54) is 12.1 Å². The maximum Gasteiger partial charge on any atom is 0.261 e. The molecule has 170 valence electrons. The van der Waals surface area contributed by atoms with Crippen LogP contribution in [0.5, 0.6) is 5.75 Å². The van der Waals surface area contributed by atoms with Crippen molar-refractivity contribution in [3.63, 3.8) is 0 Å². The summed E-state index contributed by atoms with van der Waals surface area (Å²) >= 11 is 0. The van der Waals surface area contributed by atoms with Gasteiger partial charge in [0.1, 0.15) is 17.4 Å². The Hall–Kier alpha value is -3.50. The van der Waals surface area contributed by atoms with Crippen molar-refractivity contribution in [3.8, 4) is 28.1 Å². The highest BCUT2D eigenvalue weighted by Gasteiger charge is 2.25. The van der Waals surface area contributed by atoms with Crippen molar-refractivity contribution in [2.45, 2.75) is 25.2 Å². The quantitative estimate of drug-likeness (QED) is 0.529. The van der Waals surface area contributed by atoms with E-state index in [1.54, 1.807) is 36.9 Å². The summed E-state index contributed by atoms with van der Waals surface area (Å²) in [5, 5.41) is 0. The Labute approximate surface area is 193 Å². The zero-order chi connectivity index (χ0) is 23.5. The summed E-state index contributed by atoms with van der Waals surface area (Å²) in [7, 11) is 5.45. The van der Waals surface area contributed by atoms with Gasteiger partial charge < -0.3 is 9.64 Å². The summed E-state index contributed by atoms with van der Waals surface area (Å²) in [4.78, 5) is 24.2. The van der Waals surface area contributed by atoms with Gasteiger partial charge in [-0.25, -0.2) is 14.2 Å². The van der Waals surface area contributed by atoms with Gasteiger partial charge in [0.25, 0.3) is 5.56 Å². The van der Waals surface area contributed by atoms with E-state index < -0.39 is 5.82 Å². The molecule has 33 heavy (non-hydrogen) atoms. The van der Waals surface area contributed by atoms with E-state index in [0.717, 1.165) is 38.2 Å². The SMILES string of the molecule is [C-]#[N+]c1ccc(-c2nc(C3CCCN(C)CC3)n(C)c(=O)c2-c2ccc(OC)cc2)cc1F. The summed E-state index contributed by atoms with van der Waals surface area (Å²) in [6.45, 7) is 9.10. The van der Waals surface area contributed by atoms with Gasteiger partial charge in [0, 0.05) is 18.5 Å². The highest BCUT2D eigenvalue weighted by molar-refractivity contribution is 5.81. The van der Waals surface area contributed by atoms with Crippen LogP contribution in [0.1, 0.15) is 31.0 Å². The molecule has 0 aliphatic carbocycles. The average Bonchev–Trinajstić information content (AvgIpc) is 3.05. The highest BCUT2D eigenvalue weighted by atomic mass is 19.1. The molecule has 3 aromatic rings. The number of ether oxygens (including phenoxy) is 1. The lowest BCUT2D eigenvalue weighted by Gasteiger charge is -2.21. The number of aromatic nitrogens is 2. The second-order valence-electron chi connectivity index (χ2n) is 8.50. The van der Waals surface area contributed by atoms with Gasteiger partial charge in [0.2, 0.25) is 5.69 Å². The van der Waals surface area contributed by atoms with E-state index in [9.17, 15) is 9.18 Å². The van der Waals surface area contributed by atoms with Crippen LogP contribution < -0.4 is 10.3 Å². The molecule has 1 saturated heterocycles. The molecule has 0 N–H and O–H groups in total. The number of hydrogen-bond donors (Lipinski definition) is 0. The minimum Gasteiger partial charge on any atom is -0.497 e. The van der Waals surface area contributed by atoms with E-state index in [-0.39, 0.29) is 17.2 Å². The normalized spacial score (nSPS) is 16.8. The lowest BCUT2D eigenvalue weighted by atomic mass is 9.96. The Kier molecular flexibility index (Phi) is 6.57. The molecule has 0 amide bonds. The van der Waals surface area contributed by atoms with Gasteiger partial charge in [-0.3, -0.25) is 9.36 Å². The zero-order valence-corrected chi connectivity index (χ0v) is 19.1. The number of hydrogen-bond acceptors (Lipinski definition) is 4. The van der Waals surface area contributed by atoms with E-state index in [0.29, 0.717) is 28.1 Å².